The van der Waals surface area contributed by atoms with Gasteiger partial charge in [0.1, 0.15) is 0 Å². The number of allylic oxidation sites excluding steroid dienone is 16. The zero-order valence-corrected chi connectivity index (χ0v) is 29.8. The van der Waals surface area contributed by atoms with Crippen LogP contribution in [-0.2, 0) is 4.74 Å². The first-order chi connectivity index (χ1) is 19.8. The number of hydrogen-bond acceptors (Lipinski definition) is 1. The second-order valence-corrected chi connectivity index (χ2v) is 13.4. The Balaban J connectivity index is 4.27. The largest absolute Gasteiger partial charge is 0.379 e. The Morgan fingerprint density at radius 2 is 0.810 bits per heavy atom. The van der Waals surface area contributed by atoms with E-state index in [0.717, 1.165) is 51.4 Å². The summed E-state index contributed by atoms with van der Waals surface area (Å²) in [5.41, 5.74) is 10.3. The third kappa shape index (κ3) is 25.6. The highest BCUT2D eigenvalue weighted by Gasteiger charge is 2.15. The summed E-state index contributed by atoms with van der Waals surface area (Å²) >= 11 is 0. The topological polar surface area (TPSA) is 9.23 Å². The van der Waals surface area contributed by atoms with Crippen molar-refractivity contribution >= 4 is 0 Å². The van der Waals surface area contributed by atoms with E-state index in [-0.39, 0.29) is 5.60 Å². The van der Waals surface area contributed by atoms with Crippen molar-refractivity contribution in [3.8, 4) is 0 Å². The summed E-state index contributed by atoms with van der Waals surface area (Å²) in [6.45, 7) is 22.3. The molecule has 42 heavy (non-hydrogen) atoms. The van der Waals surface area contributed by atoms with Crippen molar-refractivity contribution in [3.63, 3.8) is 0 Å². The van der Waals surface area contributed by atoms with Crippen LogP contribution in [-0.4, -0.2) is 12.7 Å². The second-order valence-electron chi connectivity index (χ2n) is 13.4. The molecule has 0 spiro atoms. The van der Waals surface area contributed by atoms with Crippen molar-refractivity contribution in [2.45, 2.75) is 158 Å². The third-order valence-electron chi connectivity index (χ3n) is 7.99. The van der Waals surface area contributed by atoms with E-state index in [9.17, 15) is 0 Å². The lowest BCUT2D eigenvalue weighted by Gasteiger charge is -2.22. The van der Waals surface area contributed by atoms with E-state index in [0.29, 0.717) is 0 Å². The van der Waals surface area contributed by atoms with E-state index < -0.39 is 0 Å². The molecule has 0 fully saturated rings. The number of hydrogen-bond donors (Lipinski definition) is 0. The van der Waals surface area contributed by atoms with Crippen LogP contribution in [0.3, 0.4) is 0 Å². The molecular weight excluding hydrogens is 508 g/mol. The highest BCUT2D eigenvalue weighted by molar-refractivity contribution is 5.19. The summed E-state index contributed by atoms with van der Waals surface area (Å²) in [7, 11) is 1.81. The van der Waals surface area contributed by atoms with E-state index in [1.54, 1.807) is 0 Å². The zero-order chi connectivity index (χ0) is 31.8. The van der Waals surface area contributed by atoms with Crippen LogP contribution in [0.1, 0.15) is 153 Å². The fourth-order valence-corrected chi connectivity index (χ4v) is 4.68. The van der Waals surface area contributed by atoms with Crippen LogP contribution >= 0.6 is 0 Å². The van der Waals surface area contributed by atoms with Gasteiger partial charge in [0.2, 0.25) is 0 Å². The average molecular weight is 577 g/mol. The summed E-state index contributed by atoms with van der Waals surface area (Å²) in [6, 6.07) is 0. The Morgan fingerprint density at radius 3 is 1.17 bits per heavy atom. The smallest absolute Gasteiger partial charge is 0.0622 e. The summed E-state index contributed by atoms with van der Waals surface area (Å²) in [4.78, 5) is 0. The molecule has 0 saturated heterocycles. The van der Waals surface area contributed by atoms with Gasteiger partial charge in [0.05, 0.1) is 5.60 Å². The molecule has 0 rings (SSSR count). The quantitative estimate of drug-likeness (QED) is 0.0920. The maximum Gasteiger partial charge on any atom is 0.0622 e. The predicted molar refractivity (Wildman–Crippen MR) is 192 cm³/mol. The minimum atomic E-state index is -0.00299. The van der Waals surface area contributed by atoms with Gasteiger partial charge in [-0.05, 0) is 153 Å². The maximum absolute atomic E-state index is 5.53. The first kappa shape index (κ1) is 39.9. The molecule has 0 aliphatic carbocycles. The van der Waals surface area contributed by atoms with Crippen molar-refractivity contribution < 1.29 is 4.74 Å². The van der Waals surface area contributed by atoms with Crippen LogP contribution in [0, 0.1) is 0 Å². The van der Waals surface area contributed by atoms with Crippen LogP contribution in [0.15, 0.2) is 93.7 Å². The van der Waals surface area contributed by atoms with E-state index in [4.69, 9.17) is 4.74 Å². The first-order valence-electron chi connectivity index (χ1n) is 16.6. The van der Waals surface area contributed by atoms with Gasteiger partial charge in [-0.25, -0.2) is 0 Å². The summed E-state index contributed by atoms with van der Waals surface area (Å²) in [6.07, 6.45) is 36.0. The second kappa shape index (κ2) is 24.3. The normalized spacial score (nSPS) is 14.7. The lowest BCUT2D eigenvalue weighted by Crippen LogP contribution is -2.21. The standard InChI is InChI=1S/C41H68O/c1-34(2)20-14-23-37(5)26-17-29-38(6)27-15-24-35(3)21-12-13-22-36(4)25-16-28-39(7)30-18-31-40(8)32-19-33-41(9,10)42-11/h12-13,20-22,26-28,31H,14-19,23-25,29-30,32-33H2,1-11H3. The minimum absolute atomic E-state index is 0.00299. The summed E-state index contributed by atoms with van der Waals surface area (Å²) in [5, 5.41) is 0. The Kier molecular flexibility index (Phi) is 23.1. The highest BCUT2D eigenvalue weighted by Crippen LogP contribution is 2.20. The fraction of sp³-hybridized carbons (Fsp3) is 0.610. The van der Waals surface area contributed by atoms with Crippen molar-refractivity contribution in [3.05, 3.63) is 93.7 Å². The highest BCUT2D eigenvalue weighted by atomic mass is 16.5. The molecule has 0 radical (unpaired) electrons. The summed E-state index contributed by atoms with van der Waals surface area (Å²) in [5.74, 6) is 0. The number of ether oxygens (including phenoxy) is 1. The Morgan fingerprint density at radius 1 is 0.476 bits per heavy atom. The molecule has 0 saturated carbocycles. The van der Waals surface area contributed by atoms with E-state index >= 15 is 0 Å². The molecule has 0 amide bonds. The average Bonchev–Trinajstić information content (AvgIpc) is 2.91. The molecule has 1 heteroatoms. The molecule has 0 atom stereocenters. The number of rotatable bonds is 22. The molecular formula is C41H68O. The molecule has 0 N–H and O–H groups in total. The van der Waals surface area contributed by atoms with Gasteiger partial charge in [-0.2, -0.15) is 0 Å². The van der Waals surface area contributed by atoms with Crippen molar-refractivity contribution in [2.24, 2.45) is 0 Å². The van der Waals surface area contributed by atoms with Gasteiger partial charge in [0.25, 0.3) is 0 Å². The van der Waals surface area contributed by atoms with Crippen LogP contribution in [0.2, 0.25) is 0 Å². The SMILES string of the molecule is COC(C)(C)CCCC(C)=CCCC(C)=CCCC(C)=CC=CC=C(C)CCC=C(C)CCC=C(C)CCC=C(C)C. The van der Waals surface area contributed by atoms with Gasteiger partial charge in [-0.15, -0.1) is 0 Å². The van der Waals surface area contributed by atoms with Crippen molar-refractivity contribution in [1.29, 1.82) is 0 Å². The predicted octanol–water partition coefficient (Wildman–Crippen LogP) is 13.7. The van der Waals surface area contributed by atoms with Gasteiger partial charge in [-0.1, -0.05) is 93.7 Å². The number of methoxy groups -OCH3 is 1. The first-order valence-corrected chi connectivity index (χ1v) is 16.6. The lowest BCUT2D eigenvalue weighted by molar-refractivity contribution is 0.0140. The Bertz CT molecular complexity index is 980. The molecule has 0 aromatic carbocycles. The van der Waals surface area contributed by atoms with Gasteiger partial charge >= 0.3 is 0 Å². The lowest BCUT2D eigenvalue weighted by atomic mass is 9.98. The third-order valence-corrected chi connectivity index (χ3v) is 7.99. The maximum atomic E-state index is 5.53. The molecule has 0 unspecified atom stereocenters. The van der Waals surface area contributed by atoms with Crippen LogP contribution in [0.4, 0.5) is 0 Å². The molecule has 1 nitrogen and oxygen atoms in total. The van der Waals surface area contributed by atoms with E-state index in [1.807, 2.05) is 7.11 Å². The Hall–Kier alpha value is -2.12. The van der Waals surface area contributed by atoms with Crippen LogP contribution < -0.4 is 0 Å². The van der Waals surface area contributed by atoms with Crippen molar-refractivity contribution in [2.75, 3.05) is 7.11 Å². The molecule has 0 aromatic heterocycles. The van der Waals surface area contributed by atoms with Gasteiger partial charge in [-0.3, -0.25) is 0 Å². The van der Waals surface area contributed by atoms with E-state index in [1.165, 1.54) is 71.1 Å². The molecule has 0 aliphatic rings. The van der Waals surface area contributed by atoms with E-state index in [2.05, 4.69) is 124 Å². The minimum Gasteiger partial charge on any atom is -0.379 e. The van der Waals surface area contributed by atoms with Gasteiger partial charge in [0.15, 0.2) is 0 Å². The summed E-state index contributed by atoms with van der Waals surface area (Å²) < 4.78 is 5.53. The van der Waals surface area contributed by atoms with Gasteiger partial charge in [0, 0.05) is 7.11 Å². The molecule has 238 valence electrons. The molecule has 0 aliphatic heterocycles. The van der Waals surface area contributed by atoms with Crippen molar-refractivity contribution in [1.82, 2.24) is 0 Å². The van der Waals surface area contributed by atoms with Gasteiger partial charge < -0.3 is 4.74 Å². The zero-order valence-electron chi connectivity index (χ0n) is 29.8. The molecule has 0 aromatic rings. The molecule has 0 bridgehead atoms. The molecule has 0 heterocycles. The monoisotopic (exact) mass is 577 g/mol. The Labute approximate surface area is 263 Å². The van der Waals surface area contributed by atoms with Crippen LogP contribution in [0.5, 0.6) is 0 Å². The van der Waals surface area contributed by atoms with Crippen LogP contribution in [0.25, 0.3) is 0 Å². The fourth-order valence-electron chi connectivity index (χ4n) is 4.68.